The second-order valence-electron chi connectivity index (χ2n) is 4.48. The van der Waals surface area contributed by atoms with Gasteiger partial charge in [0.05, 0.1) is 17.5 Å². The van der Waals surface area contributed by atoms with Crippen LogP contribution >= 0.6 is 11.6 Å². The van der Waals surface area contributed by atoms with Crippen LogP contribution in [-0.2, 0) is 7.05 Å². The van der Waals surface area contributed by atoms with E-state index >= 15 is 0 Å². The van der Waals surface area contributed by atoms with Crippen molar-refractivity contribution in [3.63, 3.8) is 0 Å². The van der Waals surface area contributed by atoms with E-state index in [1.54, 1.807) is 18.5 Å². The van der Waals surface area contributed by atoms with E-state index in [9.17, 15) is 4.79 Å². The monoisotopic (exact) mass is 275 g/mol. The molecule has 0 aliphatic carbocycles. The van der Waals surface area contributed by atoms with Crippen LogP contribution in [-0.4, -0.2) is 16.5 Å². The molecule has 5 heteroatoms. The van der Waals surface area contributed by atoms with Crippen LogP contribution < -0.4 is 5.32 Å². The van der Waals surface area contributed by atoms with E-state index < -0.39 is 0 Å². The molecule has 0 saturated carbocycles. The molecule has 0 aliphatic rings. The number of nitrogens with one attached hydrogen (secondary N) is 1. The molecule has 1 N–H and O–H groups in total. The van der Waals surface area contributed by atoms with Crippen LogP contribution in [0.1, 0.15) is 23.8 Å². The molecule has 0 bridgehead atoms. The molecule has 1 aromatic carbocycles. The number of carbonyl (C=O) groups excluding carboxylic acids is 1. The van der Waals surface area contributed by atoms with Crippen molar-refractivity contribution in [3.05, 3.63) is 35.0 Å². The number of nitriles is 1. The second-order valence-corrected chi connectivity index (χ2v) is 4.85. The lowest BCUT2D eigenvalue weighted by molar-refractivity contribution is 0.0933. The number of benzene rings is 1. The third-order valence-corrected chi connectivity index (χ3v) is 3.42. The van der Waals surface area contributed by atoms with Crippen molar-refractivity contribution in [2.45, 2.75) is 19.4 Å². The Hall–Kier alpha value is -1.99. The second kappa shape index (κ2) is 5.33. The number of amides is 1. The van der Waals surface area contributed by atoms with Gasteiger partial charge in [-0.3, -0.25) is 4.79 Å². The molecule has 1 unspecified atom stereocenters. The summed E-state index contributed by atoms with van der Waals surface area (Å²) < 4.78 is 1.77. The molecule has 4 nitrogen and oxygen atoms in total. The molecule has 1 atom stereocenters. The molecule has 1 heterocycles. The van der Waals surface area contributed by atoms with Gasteiger partial charge in [-0.25, -0.2) is 0 Å². The van der Waals surface area contributed by atoms with Crippen molar-refractivity contribution in [1.82, 2.24) is 9.88 Å². The number of nitrogens with zero attached hydrogens (tertiary/aromatic N) is 2. The third-order valence-electron chi connectivity index (χ3n) is 3.04. The van der Waals surface area contributed by atoms with Crippen LogP contribution in [0.15, 0.2) is 24.3 Å². The number of rotatable bonds is 3. The fraction of sp³-hybridized carbons (Fsp3) is 0.286. The summed E-state index contributed by atoms with van der Waals surface area (Å²) in [6, 6.07) is 9.40. The molecule has 98 valence electrons. The maximum absolute atomic E-state index is 12.2. The molecule has 0 spiro atoms. The van der Waals surface area contributed by atoms with Crippen molar-refractivity contribution >= 4 is 28.4 Å². The van der Waals surface area contributed by atoms with E-state index in [2.05, 4.69) is 5.32 Å². The molecule has 1 amide bonds. The van der Waals surface area contributed by atoms with Crippen LogP contribution in [0.4, 0.5) is 0 Å². The Balaban J connectivity index is 2.40. The fourth-order valence-electron chi connectivity index (χ4n) is 2.08. The van der Waals surface area contributed by atoms with Gasteiger partial charge in [0.25, 0.3) is 5.91 Å². The lowest BCUT2D eigenvalue weighted by atomic mass is 10.2. The maximum Gasteiger partial charge on any atom is 0.269 e. The number of hydrogen-bond acceptors (Lipinski definition) is 2. The summed E-state index contributed by atoms with van der Waals surface area (Å²) in [6.07, 6.45) is 0.271. The van der Waals surface area contributed by atoms with Crippen molar-refractivity contribution in [2.24, 2.45) is 7.05 Å². The Labute approximate surface area is 116 Å². The number of aromatic nitrogens is 1. The van der Waals surface area contributed by atoms with Crippen LogP contribution in [0.3, 0.4) is 0 Å². The Morgan fingerprint density at radius 3 is 2.84 bits per heavy atom. The maximum atomic E-state index is 12.2. The molecule has 0 aliphatic heterocycles. The summed E-state index contributed by atoms with van der Waals surface area (Å²) in [7, 11) is 1.80. The molecular formula is C14H14ClN3O. The van der Waals surface area contributed by atoms with Gasteiger partial charge in [-0.15, -0.1) is 0 Å². The minimum Gasteiger partial charge on any atom is -0.347 e. The van der Waals surface area contributed by atoms with E-state index in [1.807, 2.05) is 30.3 Å². The van der Waals surface area contributed by atoms with Crippen molar-refractivity contribution in [3.8, 4) is 6.07 Å². The Bertz CT molecular complexity index is 630. The highest BCUT2D eigenvalue weighted by molar-refractivity contribution is 6.38. The molecule has 2 rings (SSSR count). The van der Waals surface area contributed by atoms with Gasteiger partial charge in [-0.05, 0) is 13.0 Å². The number of carbonyl (C=O) groups is 1. The quantitative estimate of drug-likeness (QED) is 0.936. The number of hydrogen-bond donors (Lipinski definition) is 1. The molecule has 0 saturated heterocycles. The minimum absolute atomic E-state index is 0.202. The normalized spacial score (nSPS) is 12.1. The van der Waals surface area contributed by atoms with Crippen LogP contribution in [0.25, 0.3) is 10.9 Å². The lowest BCUT2D eigenvalue weighted by Crippen LogP contribution is -2.33. The highest BCUT2D eigenvalue weighted by Gasteiger charge is 2.20. The summed E-state index contributed by atoms with van der Waals surface area (Å²) in [6.45, 7) is 1.79. The predicted molar refractivity (Wildman–Crippen MR) is 75.1 cm³/mol. The molecule has 0 radical (unpaired) electrons. The molecule has 0 fully saturated rings. The lowest BCUT2D eigenvalue weighted by Gasteiger charge is -2.11. The van der Waals surface area contributed by atoms with E-state index in [0.717, 1.165) is 10.9 Å². The highest BCUT2D eigenvalue weighted by Crippen LogP contribution is 2.29. The van der Waals surface area contributed by atoms with Gasteiger partial charge < -0.3 is 9.88 Å². The zero-order valence-electron chi connectivity index (χ0n) is 10.8. The van der Waals surface area contributed by atoms with Gasteiger partial charge in [0.2, 0.25) is 0 Å². The molecular weight excluding hydrogens is 262 g/mol. The summed E-state index contributed by atoms with van der Waals surface area (Å²) in [4.78, 5) is 12.2. The summed E-state index contributed by atoms with van der Waals surface area (Å²) in [5.74, 6) is -0.258. The fourth-order valence-corrected chi connectivity index (χ4v) is 2.45. The van der Waals surface area contributed by atoms with Gasteiger partial charge >= 0.3 is 0 Å². The van der Waals surface area contributed by atoms with Gasteiger partial charge in [-0.2, -0.15) is 5.26 Å². The van der Waals surface area contributed by atoms with E-state index in [0.29, 0.717) is 10.7 Å². The number of fused-ring (bicyclic) bond motifs is 1. The first-order valence-corrected chi connectivity index (χ1v) is 6.34. The van der Waals surface area contributed by atoms with E-state index in [-0.39, 0.29) is 18.4 Å². The summed E-state index contributed by atoms with van der Waals surface area (Å²) >= 11 is 6.27. The summed E-state index contributed by atoms with van der Waals surface area (Å²) in [5.41, 5.74) is 1.33. The number of aryl methyl sites for hydroxylation is 1. The smallest absolute Gasteiger partial charge is 0.269 e. The van der Waals surface area contributed by atoms with E-state index in [4.69, 9.17) is 16.9 Å². The number of para-hydroxylation sites is 1. The van der Waals surface area contributed by atoms with Gasteiger partial charge in [0, 0.05) is 24.0 Å². The largest absolute Gasteiger partial charge is 0.347 e. The third kappa shape index (κ3) is 2.42. The van der Waals surface area contributed by atoms with Crippen LogP contribution in [0.5, 0.6) is 0 Å². The minimum atomic E-state index is -0.258. The predicted octanol–water partition coefficient (Wildman–Crippen LogP) is 2.86. The Morgan fingerprint density at radius 1 is 1.53 bits per heavy atom. The standard InChI is InChI=1S/C14H14ClN3O/c1-9(7-8-16)17-14(19)13-12(15)10-5-3-4-6-11(10)18(13)2/h3-6,9H,7H2,1-2H3,(H,17,19). The van der Waals surface area contributed by atoms with Crippen LogP contribution in [0.2, 0.25) is 5.02 Å². The van der Waals surface area contributed by atoms with E-state index in [1.165, 1.54) is 0 Å². The topological polar surface area (TPSA) is 57.8 Å². The molecule has 2 aromatic rings. The van der Waals surface area contributed by atoms with Crippen molar-refractivity contribution in [2.75, 3.05) is 0 Å². The Kier molecular flexibility index (Phi) is 3.77. The number of halogens is 1. The van der Waals surface area contributed by atoms with Crippen LogP contribution in [0, 0.1) is 11.3 Å². The van der Waals surface area contributed by atoms with Crippen molar-refractivity contribution < 1.29 is 4.79 Å². The first kappa shape index (κ1) is 13.4. The average Bonchev–Trinajstić information content (AvgIpc) is 2.63. The Morgan fingerprint density at radius 2 is 2.21 bits per heavy atom. The summed E-state index contributed by atoms with van der Waals surface area (Å²) in [5, 5.41) is 12.7. The SMILES string of the molecule is CC(CC#N)NC(=O)c1c(Cl)c2ccccc2n1C. The van der Waals surface area contributed by atoms with Gasteiger partial charge in [-0.1, -0.05) is 29.8 Å². The first-order chi connectivity index (χ1) is 9.06. The van der Waals surface area contributed by atoms with Gasteiger partial charge in [0.15, 0.2) is 0 Å². The highest BCUT2D eigenvalue weighted by atomic mass is 35.5. The average molecular weight is 276 g/mol. The zero-order chi connectivity index (χ0) is 14.0. The zero-order valence-corrected chi connectivity index (χ0v) is 11.5. The van der Waals surface area contributed by atoms with Crippen molar-refractivity contribution in [1.29, 1.82) is 5.26 Å². The molecule has 1 aromatic heterocycles. The van der Waals surface area contributed by atoms with Gasteiger partial charge in [0.1, 0.15) is 5.69 Å². The first-order valence-electron chi connectivity index (χ1n) is 5.97. The molecule has 19 heavy (non-hydrogen) atoms.